The largest absolute Gasteiger partial charge is 0.379 e. The summed E-state index contributed by atoms with van der Waals surface area (Å²) in [7, 11) is 0. The van der Waals surface area contributed by atoms with Crippen LogP contribution >= 0.6 is 11.6 Å². The minimum Gasteiger partial charge on any atom is -0.379 e. The third-order valence-corrected chi connectivity index (χ3v) is 7.10. The van der Waals surface area contributed by atoms with Gasteiger partial charge in [0.2, 0.25) is 0 Å². The highest BCUT2D eigenvalue weighted by Gasteiger charge is 2.16. The second-order valence-corrected chi connectivity index (χ2v) is 10.0. The summed E-state index contributed by atoms with van der Waals surface area (Å²) in [5.74, 6) is 0. The van der Waals surface area contributed by atoms with Crippen LogP contribution < -0.4 is 10.6 Å². The number of aromatic nitrogens is 2. The van der Waals surface area contributed by atoms with E-state index >= 15 is 0 Å². The Kier molecular flexibility index (Phi) is 7.00. The van der Waals surface area contributed by atoms with E-state index in [1.54, 1.807) is 12.3 Å². The van der Waals surface area contributed by atoms with Crippen LogP contribution in [0.15, 0.2) is 72.9 Å². The van der Waals surface area contributed by atoms with Gasteiger partial charge in [-0.15, -0.1) is 0 Å². The molecule has 0 fully saturated rings. The molecule has 2 N–H and O–H groups in total. The van der Waals surface area contributed by atoms with E-state index in [0.717, 1.165) is 55.9 Å². The fourth-order valence-corrected chi connectivity index (χ4v) is 4.71. The summed E-state index contributed by atoms with van der Waals surface area (Å²) in [6, 6.07) is 24.5. The number of nitriles is 1. The molecular weight excluding hydrogens is 490 g/mol. The predicted molar refractivity (Wildman–Crippen MR) is 157 cm³/mol. The van der Waals surface area contributed by atoms with E-state index in [1.165, 1.54) is 11.1 Å². The first-order valence-electron chi connectivity index (χ1n) is 12.5. The van der Waals surface area contributed by atoms with Crippen molar-refractivity contribution < 1.29 is 0 Å². The number of fused-ring (bicyclic) bond motifs is 1. The van der Waals surface area contributed by atoms with Gasteiger partial charge in [0, 0.05) is 28.5 Å². The number of nitrogens with one attached hydrogen (secondary N) is 2. The molecular formula is C32H28ClN5. The number of nitrogens with zero attached hydrogens (tertiary/aromatic N) is 3. The number of anilines is 3. The van der Waals surface area contributed by atoms with Gasteiger partial charge in [0.25, 0.3) is 0 Å². The fourth-order valence-electron chi connectivity index (χ4n) is 4.45. The van der Waals surface area contributed by atoms with Gasteiger partial charge in [-0.25, -0.2) is 9.97 Å². The number of hydrogen-bond donors (Lipinski definition) is 2. The topological polar surface area (TPSA) is 73.6 Å². The van der Waals surface area contributed by atoms with Crippen LogP contribution in [0.2, 0.25) is 5.02 Å². The molecule has 188 valence electrons. The Balaban J connectivity index is 1.62. The van der Waals surface area contributed by atoms with Crippen LogP contribution in [0.3, 0.4) is 0 Å². The van der Waals surface area contributed by atoms with E-state index in [4.69, 9.17) is 21.8 Å². The number of benzene rings is 3. The number of hydrogen-bond acceptors (Lipinski definition) is 5. The highest BCUT2D eigenvalue weighted by Crippen LogP contribution is 2.38. The van der Waals surface area contributed by atoms with Gasteiger partial charge in [-0.3, -0.25) is 0 Å². The minimum atomic E-state index is 0.387. The SMILES string of the molecule is Cc1ccc(C)c(NCc2nc3ccc(-c4ccc(C#N)nc4)cc3c(Nc3cc(C)ccc3C)c2Cl)c1. The molecule has 0 saturated heterocycles. The number of pyridine rings is 2. The summed E-state index contributed by atoms with van der Waals surface area (Å²) in [5.41, 5.74) is 11.4. The number of aryl methyl sites for hydroxylation is 4. The van der Waals surface area contributed by atoms with Gasteiger partial charge < -0.3 is 10.6 Å². The third-order valence-electron chi connectivity index (χ3n) is 6.70. The normalized spacial score (nSPS) is 10.8. The zero-order valence-corrected chi connectivity index (χ0v) is 22.6. The molecule has 2 heterocycles. The van der Waals surface area contributed by atoms with Crippen molar-refractivity contribution in [3.63, 3.8) is 0 Å². The molecule has 2 aromatic heterocycles. The molecule has 3 aromatic carbocycles. The predicted octanol–water partition coefficient (Wildman–Crippen LogP) is 8.41. The monoisotopic (exact) mass is 517 g/mol. The summed E-state index contributed by atoms with van der Waals surface area (Å²) >= 11 is 7.09. The van der Waals surface area contributed by atoms with Crippen molar-refractivity contribution in [1.29, 1.82) is 5.26 Å². The van der Waals surface area contributed by atoms with Gasteiger partial charge in [-0.2, -0.15) is 5.26 Å². The number of rotatable bonds is 6. The van der Waals surface area contributed by atoms with Crippen LogP contribution in [0, 0.1) is 39.0 Å². The molecule has 0 aliphatic rings. The lowest BCUT2D eigenvalue weighted by Gasteiger charge is -2.18. The summed E-state index contributed by atoms with van der Waals surface area (Å²) in [4.78, 5) is 9.19. The van der Waals surface area contributed by atoms with E-state index in [-0.39, 0.29) is 0 Å². The molecule has 0 unspecified atom stereocenters. The van der Waals surface area contributed by atoms with Crippen LogP contribution in [0.5, 0.6) is 0 Å². The van der Waals surface area contributed by atoms with Crippen LogP contribution in [-0.2, 0) is 6.54 Å². The van der Waals surface area contributed by atoms with E-state index in [1.807, 2.05) is 18.2 Å². The maximum absolute atomic E-state index is 9.11. The second-order valence-electron chi connectivity index (χ2n) is 9.64. The van der Waals surface area contributed by atoms with E-state index in [9.17, 15) is 0 Å². The lowest BCUT2D eigenvalue weighted by Crippen LogP contribution is -2.07. The van der Waals surface area contributed by atoms with Crippen LogP contribution in [0.4, 0.5) is 17.1 Å². The first-order chi connectivity index (χ1) is 18.3. The minimum absolute atomic E-state index is 0.387. The van der Waals surface area contributed by atoms with Crippen molar-refractivity contribution in [2.75, 3.05) is 10.6 Å². The van der Waals surface area contributed by atoms with Gasteiger partial charge in [-0.05, 0) is 91.9 Å². The van der Waals surface area contributed by atoms with Crippen molar-refractivity contribution in [3.05, 3.63) is 112 Å². The van der Waals surface area contributed by atoms with Crippen LogP contribution in [0.1, 0.15) is 33.6 Å². The van der Waals surface area contributed by atoms with Crippen molar-refractivity contribution >= 4 is 39.6 Å². The standard InChI is InChI=1S/C32H28ClN5/c1-19-5-7-21(3)28(13-19)36-18-30-31(33)32(38-29-14-20(2)6-8-22(29)4)26-15-23(10-12-27(26)37-30)24-9-11-25(16-34)35-17-24/h5-15,17,36H,18H2,1-4H3,(H,37,38). The molecule has 0 atom stereocenters. The number of halogens is 1. The van der Waals surface area contributed by atoms with Gasteiger partial charge in [0.1, 0.15) is 11.8 Å². The summed E-state index contributed by atoms with van der Waals surface area (Å²) < 4.78 is 0. The molecule has 0 radical (unpaired) electrons. The van der Waals surface area contributed by atoms with Crippen LogP contribution in [0.25, 0.3) is 22.0 Å². The lowest BCUT2D eigenvalue weighted by atomic mass is 10.0. The molecule has 0 bridgehead atoms. The lowest BCUT2D eigenvalue weighted by molar-refractivity contribution is 1.06. The maximum Gasteiger partial charge on any atom is 0.140 e. The molecule has 0 aliphatic heterocycles. The van der Waals surface area contributed by atoms with Crippen molar-refractivity contribution in [2.24, 2.45) is 0 Å². The Morgan fingerprint density at radius 2 is 1.50 bits per heavy atom. The van der Waals surface area contributed by atoms with E-state index in [2.05, 4.69) is 91.8 Å². The third kappa shape index (κ3) is 5.18. The van der Waals surface area contributed by atoms with Crippen LogP contribution in [-0.4, -0.2) is 9.97 Å². The fraction of sp³-hybridized carbons (Fsp3) is 0.156. The molecule has 0 amide bonds. The molecule has 0 saturated carbocycles. The van der Waals surface area contributed by atoms with Gasteiger partial charge in [0.05, 0.1) is 28.5 Å². The van der Waals surface area contributed by atoms with E-state index < -0.39 is 0 Å². The molecule has 0 spiro atoms. The van der Waals surface area contributed by atoms with Gasteiger partial charge in [-0.1, -0.05) is 41.9 Å². The van der Waals surface area contributed by atoms with Crippen molar-refractivity contribution in [3.8, 4) is 17.2 Å². The summed E-state index contributed by atoms with van der Waals surface area (Å²) in [6.45, 7) is 8.81. The molecule has 6 heteroatoms. The van der Waals surface area contributed by atoms with Gasteiger partial charge >= 0.3 is 0 Å². The zero-order chi connectivity index (χ0) is 26.8. The Bertz CT molecular complexity index is 1700. The first kappa shape index (κ1) is 25.3. The van der Waals surface area contributed by atoms with Crippen molar-refractivity contribution in [2.45, 2.75) is 34.2 Å². The maximum atomic E-state index is 9.11. The highest BCUT2D eigenvalue weighted by molar-refractivity contribution is 6.35. The molecule has 5 nitrogen and oxygen atoms in total. The molecule has 0 aliphatic carbocycles. The average molecular weight is 518 g/mol. The molecule has 5 aromatic rings. The van der Waals surface area contributed by atoms with Gasteiger partial charge in [0.15, 0.2) is 0 Å². The smallest absolute Gasteiger partial charge is 0.140 e. The van der Waals surface area contributed by atoms with Crippen molar-refractivity contribution in [1.82, 2.24) is 9.97 Å². The molecule has 5 rings (SSSR count). The Hall–Kier alpha value is -4.40. The Morgan fingerprint density at radius 1 is 0.816 bits per heavy atom. The highest BCUT2D eigenvalue weighted by atomic mass is 35.5. The van der Waals surface area contributed by atoms with E-state index in [0.29, 0.717) is 17.3 Å². The second kappa shape index (κ2) is 10.5. The Labute approximate surface area is 228 Å². The Morgan fingerprint density at radius 3 is 2.18 bits per heavy atom. The quantitative estimate of drug-likeness (QED) is 0.236. The average Bonchev–Trinajstić information content (AvgIpc) is 2.92. The zero-order valence-electron chi connectivity index (χ0n) is 21.9. The first-order valence-corrected chi connectivity index (χ1v) is 12.8. The summed E-state index contributed by atoms with van der Waals surface area (Å²) in [6.07, 6.45) is 1.72. The molecule has 38 heavy (non-hydrogen) atoms. The summed E-state index contributed by atoms with van der Waals surface area (Å²) in [5, 5.41) is 17.7.